The molecule has 0 spiro atoms. The summed E-state index contributed by atoms with van der Waals surface area (Å²) in [6.45, 7) is 3.99. The molecule has 0 aliphatic rings. The van der Waals surface area contributed by atoms with E-state index in [2.05, 4.69) is 10.6 Å². The van der Waals surface area contributed by atoms with E-state index in [-0.39, 0.29) is 28.1 Å². The second-order valence-corrected chi connectivity index (χ2v) is 9.15. The molecule has 0 radical (unpaired) electrons. The molecule has 0 bridgehead atoms. The lowest BCUT2D eigenvalue weighted by Gasteiger charge is -2.20. The number of halogens is 1. The number of carbonyl (C=O) groups is 1. The van der Waals surface area contributed by atoms with Gasteiger partial charge in [0.05, 0.1) is 28.1 Å². The van der Waals surface area contributed by atoms with Crippen molar-refractivity contribution < 1.29 is 17.9 Å². The predicted octanol–water partition coefficient (Wildman–Crippen LogP) is 4.36. The van der Waals surface area contributed by atoms with Gasteiger partial charge in [-0.3, -0.25) is 0 Å². The van der Waals surface area contributed by atoms with E-state index < -0.39 is 15.8 Å². The Labute approximate surface area is 181 Å². The molecule has 2 N–H and O–H groups in total. The van der Waals surface area contributed by atoms with Crippen LogP contribution in [0.15, 0.2) is 47.4 Å². The van der Waals surface area contributed by atoms with Crippen molar-refractivity contribution in [1.29, 1.82) is 0 Å². The highest BCUT2D eigenvalue weighted by atomic mass is 35.5. The Morgan fingerprint density at radius 3 is 2.34 bits per heavy atom. The molecule has 0 amide bonds. The van der Waals surface area contributed by atoms with Crippen LogP contribution in [0, 0.1) is 0 Å². The van der Waals surface area contributed by atoms with Crippen LogP contribution in [0.3, 0.4) is 0 Å². The molecule has 0 aliphatic heterocycles. The monoisotopic (exact) mass is 454 g/mol. The maximum atomic E-state index is 11.8. The summed E-state index contributed by atoms with van der Waals surface area (Å²) in [4.78, 5) is 12.1. The van der Waals surface area contributed by atoms with Crippen LogP contribution in [-0.4, -0.2) is 32.4 Å². The Bertz CT molecular complexity index is 992. The van der Waals surface area contributed by atoms with E-state index in [4.69, 9.17) is 28.6 Å². The van der Waals surface area contributed by atoms with Gasteiger partial charge in [-0.15, -0.1) is 0 Å². The zero-order valence-electron chi connectivity index (χ0n) is 16.4. The highest BCUT2D eigenvalue weighted by molar-refractivity contribution is 7.90. The number of hydrogen-bond donors (Lipinski definition) is 2. The minimum absolute atomic E-state index is 0.0992. The largest absolute Gasteiger partial charge is 0.462 e. The van der Waals surface area contributed by atoms with Gasteiger partial charge in [0.2, 0.25) is 0 Å². The van der Waals surface area contributed by atoms with Gasteiger partial charge in [-0.1, -0.05) is 30.7 Å². The molecular formula is C20H23ClN2O4S2. The second-order valence-electron chi connectivity index (χ2n) is 6.32. The van der Waals surface area contributed by atoms with Crippen LogP contribution in [0.1, 0.15) is 42.2 Å². The van der Waals surface area contributed by atoms with Crippen molar-refractivity contribution in [2.75, 3.05) is 18.2 Å². The van der Waals surface area contributed by atoms with Crippen LogP contribution in [0.4, 0.5) is 5.69 Å². The molecule has 2 rings (SSSR count). The van der Waals surface area contributed by atoms with Crippen LogP contribution in [0.2, 0.25) is 5.02 Å². The molecule has 156 valence electrons. The Morgan fingerprint density at radius 1 is 1.17 bits per heavy atom. The molecule has 2 aromatic rings. The molecule has 0 aliphatic carbocycles. The summed E-state index contributed by atoms with van der Waals surface area (Å²) in [6.07, 6.45) is 1.91. The van der Waals surface area contributed by atoms with E-state index in [1.807, 2.05) is 6.92 Å². The van der Waals surface area contributed by atoms with Crippen LogP contribution < -0.4 is 10.6 Å². The minimum atomic E-state index is -3.24. The number of thiocarbonyl (C=S) groups is 1. The summed E-state index contributed by atoms with van der Waals surface area (Å²) in [5.74, 6) is -0.478. The fraction of sp³-hybridized carbons (Fsp3) is 0.300. The zero-order valence-corrected chi connectivity index (χ0v) is 18.7. The number of ether oxygens (including phenoxy) is 1. The van der Waals surface area contributed by atoms with Crippen LogP contribution in [0.25, 0.3) is 0 Å². The lowest BCUT2D eigenvalue weighted by Crippen LogP contribution is -2.32. The molecule has 6 nitrogen and oxygen atoms in total. The van der Waals surface area contributed by atoms with E-state index in [1.54, 1.807) is 49.4 Å². The fourth-order valence-electron chi connectivity index (χ4n) is 2.66. The number of esters is 1. The van der Waals surface area contributed by atoms with Gasteiger partial charge in [0, 0.05) is 11.9 Å². The lowest BCUT2D eigenvalue weighted by molar-refractivity contribution is 0.0526. The number of carbonyl (C=O) groups excluding carboxylic acids is 1. The van der Waals surface area contributed by atoms with Crippen molar-refractivity contribution in [1.82, 2.24) is 5.32 Å². The zero-order chi connectivity index (χ0) is 21.6. The molecule has 0 fully saturated rings. The fourth-order valence-corrected chi connectivity index (χ4v) is 3.81. The number of anilines is 1. The summed E-state index contributed by atoms with van der Waals surface area (Å²) < 4.78 is 28.2. The summed E-state index contributed by atoms with van der Waals surface area (Å²) in [5, 5.41) is 6.88. The van der Waals surface area contributed by atoms with Gasteiger partial charge in [-0.2, -0.15) is 0 Å². The van der Waals surface area contributed by atoms with Crippen molar-refractivity contribution in [3.63, 3.8) is 0 Å². The third-order valence-electron chi connectivity index (χ3n) is 4.15. The lowest BCUT2D eigenvalue weighted by atomic mass is 10.1. The highest BCUT2D eigenvalue weighted by Gasteiger charge is 2.15. The van der Waals surface area contributed by atoms with Crippen molar-refractivity contribution in [2.45, 2.75) is 31.2 Å². The van der Waals surface area contributed by atoms with Crippen molar-refractivity contribution in [3.8, 4) is 0 Å². The molecular weight excluding hydrogens is 432 g/mol. The summed E-state index contributed by atoms with van der Waals surface area (Å²) in [5.41, 5.74) is 1.83. The summed E-state index contributed by atoms with van der Waals surface area (Å²) in [7, 11) is -3.24. The summed E-state index contributed by atoms with van der Waals surface area (Å²) in [6, 6.07) is 11.5. The molecule has 0 saturated carbocycles. The Morgan fingerprint density at radius 2 is 1.83 bits per heavy atom. The van der Waals surface area contributed by atoms with Crippen LogP contribution in [0.5, 0.6) is 0 Å². The molecule has 9 heteroatoms. The first-order valence-electron chi connectivity index (χ1n) is 8.99. The van der Waals surface area contributed by atoms with Gasteiger partial charge in [-0.05, 0) is 61.5 Å². The molecule has 0 heterocycles. The average Bonchev–Trinajstić information content (AvgIpc) is 2.65. The molecule has 0 unspecified atom stereocenters. The number of nitrogens with one attached hydrogen (secondary N) is 2. The van der Waals surface area contributed by atoms with E-state index in [9.17, 15) is 13.2 Å². The van der Waals surface area contributed by atoms with Gasteiger partial charge in [0.15, 0.2) is 14.9 Å². The van der Waals surface area contributed by atoms with Gasteiger partial charge in [0.25, 0.3) is 0 Å². The first-order valence-corrected chi connectivity index (χ1v) is 11.7. The Kier molecular flexibility index (Phi) is 8.01. The minimum Gasteiger partial charge on any atom is -0.462 e. The van der Waals surface area contributed by atoms with Crippen LogP contribution in [-0.2, 0) is 14.6 Å². The van der Waals surface area contributed by atoms with Crippen molar-refractivity contribution in [2.24, 2.45) is 0 Å². The third kappa shape index (κ3) is 6.42. The Hall–Kier alpha value is -2.16. The summed E-state index contributed by atoms with van der Waals surface area (Å²) >= 11 is 11.6. The number of rotatable bonds is 7. The highest BCUT2D eigenvalue weighted by Crippen LogP contribution is 2.23. The standard InChI is InChI=1S/C20H23ClN2O4S2/c1-4-18(13-6-9-15(10-7-13)29(3,25)26)23-20(28)22-14-8-11-16(17(21)12-14)19(24)27-5-2/h6-12,18H,4-5H2,1-3H3,(H2,22,23,28)/t18-/m0/s1. The molecule has 1 atom stereocenters. The third-order valence-corrected chi connectivity index (χ3v) is 5.81. The van der Waals surface area contributed by atoms with Crippen LogP contribution >= 0.6 is 23.8 Å². The SMILES string of the molecule is CCOC(=O)c1ccc(NC(=S)N[C@@H](CC)c2ccc(S(C)(=O)=O)cc2)cc1Cl. The molecule has 29 heavy (non-hydrogen) atoms. The Balaban J connectivity index is 2.07. The van der Waals surface area contributed by atoms with E-state index in [0.717, 1.165) is 12.0 Å². The van der Waals surface area contributed by atoms with E-state index >= 15 is 0 Å². The normalized spacial score (nSPS) is 12.1. The van der Waals surface area contributed by atoms with E-state index in [1.165, 1.54) is 6.26 Å². The maximum absolute atomic E-state index is 11.8. The van der Waals surface area contributed by atoms with Gasteiger partial charge < -0.3 is 15.4 Å². The van der Waals surface area contributed by atoms with Gasteiger partial charge in [-0.25, -0.2) is 13.2 Å². The number of sulfone groups is 1. The number of hydrogen-bond acceptors (Lipinski definition) is 5. The van der Waals surface area contributed by atoms with Gasteiger partial charge in [0.1, 0.15) is 0 Å². The topological polar surface area (TPSA) is 84.5 Å². The quantitative estimate of drug-likeness (QED) is 0.475. The molecule has 0 aromatic heterocycles. The smallest absolute Gasteiger partial charge is 0.339 e. The first kappa shape index (κ1) is 23.1. The van der Waals surface area contributed by atoms with Crippen molar-refractivity contribution >= 4 is 50.4 Å². The number of benzene rings is 2. The second kappa shape index (κ2) is 10.0. The molecule has 2 aromatic carbocycles. The first-order chi connectivity index (χ1) is 13.7. The van der Waals surface area contributed by atoms with Crippen molar-refractivity contribution in [3.05, 3.63) is 58.6 Å². The van der Waals surface area contributed by atoms with E-state index in [0.29, 0.717) is 10.8 Å². The predicted molar refractivity (Wildman–Crippen MR) is 119 cm³/mol. The maximum Gasteiger partial charge on any atom is 0.339 e. The molecule has 0 saturated heterocycles. The van der Waals surface area contributed by atoms with Gasteiger partial charge >= 0.3 is 5.97 Å². The average molecular weight is 455 g/mol.